The van der Waals surface area contributed by atoms with Crippen LogP contribution in [0.25, 0.3) is 0 Å². The second-order valence-corrected chi connectivity index (χ2v) is 5.01. The van der Waals surface area contributed by atoms with Crippen molar-refractivity contribution in [3.63, 3.8) is 0 Å². The molecule has 98 valence electrons. The van der Waals surface area contributed by atoms with E-state index in [2.05, 4.69) is 11.9 Å². The van der Waals surface area contributed by atoms with Gasteiger partial charge < -0.3 is 15.1 Å². The maximum Gasteiger partial charge on any atom is 0.335 e. The smallest absolute Gasteiger partial charge is 0.335 e. The predicted molar refractivity (Wildman–Crippen MR) is 68.6 cm³/mol. The van der Waals surface area contributed by atoms with Gasteiger partial charge in [-0.3, -0.25) is 0 Å². The number of nitrogens with zero attached hydrogens (tertiary/aromatic N) is 1. The van der Waals surface area contributed by atoms with Crippen LogP contribution in [-0.2, 0) is 0 Å². The molecule has 0 saturated carbocycles. The van der Waals surface area contributed by atoms with Crippen molar-refractivity contribution in [3.05, 3.63) is 35.4 Å². The van der Waals surface area contributed by atoms with Gasteiger partial charge in [0.1, 0.15) is 0 Å². The van der Waals surface area contributed by atoms with Gasteiger partial charge in [0.2, 0.25) is 0 Å². The van der Waals surface area contributed by atoms with Crippen molar-refractivity contribution in [1.29, 1.82) is 0 Å². The van der Waals surface area contributed by atoms with E-state index < -0.39 is 12.1 Å². The second-order valence-electron chi connectivity index (χ2n) is 5.01. The molecule has 4 heteroatoms. The Morgan fingerprint density at radius 2 is 1.83 bits per heavy atom. The van der Waals surface area contributed by atoms with Gasteiger partial charge in [-0.05, 0) is 56.6 Å². The van der Waals surface area contributed by atoms with Gasteiger partial charge >= 0.3 is 5.97 Å². The number of piperidine rings is 1. The van der Waals surface area contributed by atoms with E-state index >= 15 is 0 Å². The molecule has 1 fully saturated rings. The van der Waals surface area contributed by atoms with Crippen molar-refractivity contribution in [3.8, 4) is 0 Å². The molecular formula is C14H19NO3. The summed E-state index contributed by atoms with van der Waals surface area (Å²) in [5.41, 5.74) is 1.07. The highest BCUT2D eigenvalue weighted by Gasteiger charge is 2.24. The normalized spacial score (nSPS) is 19.7. The van der Waals surface area contributed by atoms with Gasteiger partial charge in [0.25, 0.3) is 0 Å². The average molecular weight is 249 g/mol. The van der Waals surface area contributed by atoms with E-state index in [-0.39, 0.29) is 11.5 Å². The van der Waals surface area contributed by atoms with Crippen LogP contribution in [0.15, 0.2) is 24.3 Å². The fourth-order valence-corrected chi connectivity index (χ4v) is 2.44. The van der Waals surface area contributed by atoms with Crippen molar-refractivity contribution in [2.24, 2.45) is 5.92 Å². The van der Waals surface area contributed by atoms with Crippen LogP contribution in [0.5, 0.6) is 0 Å². The van der Waals surface area contributed by atoms with Crippen LogP contribution in [0.3, 0.4) is 0 Å². The zero-order valence-electron chi connectivity index (χ0n) is 10.5. The zero-order valence-corrected chi connectivity index (χ0v) is 10.5. The molecule has 2 rings (SSSR count). The molecule has 18 heavy (non-hydrogen) atoms. The number of aromatic carboxylic acids is 1. The molecule has 0 aromatic heterocycles. The molecule has 2 N–H and O–H groups in total. The minimum absolute atomic E-state index is 0.259. The Hall–Kier alpha value is -1.39. The first-order valence-corrected chi connectivity index (χ1v) is 6.28. The fourth-order valence-electron chi connectivity index (χ4n) is 2.44. The number of hydrogen-bond acceptors (Lipinski definition) is 3. The summed E-state index contributed by atoms with van der Waals surface area (Å²) in [5, 5.41) is 19.1. The largest absolute Gasteiger partial charge is 0.478 e. The van der Waals surface area contributed by atoms with Crippen LogP contribution in [0.4, 0.5) is 0 Å². The molecule has 4 nitrogen and oxygen atoms in total. The molecule has 0 radical (unpaired) electrons. The number of hydrogen-bond donors (Lipinski definition) is 2. The number of aliphatic hydroxyl groups excluding tert-OH is 1. The van der Waals surface area contributed by atoms with Crippen molar-refractivity contribution in [2.75, 3.05) is 20.1 Å². The lowest BCUT2D eigenvalue weighted by Gasteiger charge is -2.32. The average Bonchev–Trinajstić information content (AvgIpc) is 2.39. The summed E-state index contributed by atoms with van der Waals surface area (Å²) in [4.78, 5) is 13.0. The predicted octanol–water partition coefficient (Wildman–Crippen LogP) is 1.76. The Balaban J connectivity index is 2.04. The molecule has 0 bridgehead atoms. The van der Waals surface area contributed by atoms with E-state index in [1.807, 2.05) is 0 Å². The molecule has 0 amide bonds. The lowest BCUT2D eigenvalue weighted by atomic mass is 9.87. The third-order valence-electron chi connectivity index (χ3n) is 3.71. The van der Waals surface area contributed by atoms with Crippen LogP contribution in [-0.4, -0.2) is 41.2 Å². The SMILES string of the molecule is CN1CCC(C(O)c2ccc(C(=O)O)cc2)CC1. The highest BCUT2D eigenvalue weighted by Crippen LogP contribution is 2.30. The number of carboxylic acid groups (broad SMARTS) is 1. The molecule has 1 atom stereocenters. The molecule has 0 spiro atoms. The summed E-state index contributed by atoms with van der Waals surface area (Å²) in [6.07, 6.45) is 1.48. The molecule has 1 aliphatic heterocycles. The minimum Gasteiger partial charge on any atom is -0.478 e. The number of carbonyl (C=O) groups is 1. The Bertz CT molecular complexity index is 408. The third-order valence-corrected chi connectivity index (χ3v) is 3.71. The lowest BCUT2D eigenvalue weighted by Crippen LogP contribution is -2.32. The van der Waals surface area contributed by atoms with Gasteiger partial charge in [-0.2, -0.15) is 0 Å². The molecule has 1 aliphatic rings. The summed E-state index contributed by atoms with van der Waals surface area (Å²) >= 11 is 0. The molecular weight excluding hydrogens is 230 g/mol. The maximum absolute atomic E-state index is 10.8. The van der Waals surface area contributed by atoms with Crippen molar-refractivity contribution in [2.45, 2.75) is 18.9 Å². The lowest BCUT2D eigenvalue weighted by molar-refractivity contribution is 0.0653. The van der Waals surface area contributed by atoms with E-state index in [9.17, 15) is 9.90 Å². The molecule has 1 saturated heterocycles. The number of aliphatic hydroxyl groups is 1. The third kappa shape index (κ3) is 2.89. The van der Waals surface area contributed by atoms with Gasteiger partial charge in [-0.15, -0.1) is 0 Å². The fraction of sp³-hybridized carbons (Fsp3) is 0.500. The Kier molecular flexibility index (Phi) is 3.99. The molecule has 1 aromatic carbocycles. The Morgan fingerprint density at radius 3 is 2.33 bits per heavy atom. The first kappa shape index (κ1) is 13.1. The van der Waals surface area contributed by atoms with E-state index in [1.54, 1.807) is 24.3 Å². The summed E-state index contributed by atoms with van der Waals surface area (Å²) < 4.78 is 0. The number of carboxylic acids is 1. The van der Waals surface area contributed by atoms with E-state index in [1.165, 1.54) is 0 Å². The van der Waals surface area contributed by atoms with E-state index in [4.69, 9.17) is 5.11 Å². The topological polar surface area (TPSA) is 60.8 Å². The highest BCUT2D eigenvalue weighted by atomic mass is 16.4. The van der Waals surface area contributed by atoms with Gasteiger partial charge in [-0.1, -0.05) is 12.1 Å². The minimum atomic E-state index is -0.935. The van der Waals surface area contributed by atoms with Crippen LogP contribution in [0, 0.1) is 5.92 Å². The zero-order chi connectivity index (χ0) is 13.1. The Labute approximate surface area is 107 Å². The summed E-state index contributed by atoms with van der Waals surface area (Å²) in [6, 6.07) is 6.53. The maximum atomic E-state index is 10.8. The second kappa shape index (κ2) is 5.50. The standard InChI is InChI=1S/C14H19NO3/c1-15-8-6-11(7-9-15)13(16)10-2-4-12(5-3-10)14(17)18/h2-5,11,13,16H,6-9H2,1H3,(H,17,18). The number of benzene rings is 1. The van der Waals surface area contributed by atoms with Crippen molar-refractivity contribution >= 4 is 5.97 Å². The molecule has 0 aliphatic carbocycles. The summed E-state index contributed by atoms with van der Waals surface area (Å²) in [6.45, 7) is 2.02. The first-order chi connectivity index (χ1) is 8.58. The van der Waals surface area contributed by atoms with Gasteiger partial charge in [0.05, 0.1) is 11.7 Å². The van der Waals surface area contributed by atoms with E-state index in [0.717, 1.165) is 31.5 Å². The van der Waals surface area contributed by atoms with Crippen molar-refractivity contribution in [1.82, 2.24) is 4.90 Å². The van der Waals surface area contributed by atoms with E-state index in [0.29, 0.717) is 0 Å². The van der Waals surface area contributed by atoms with Crippen LogP contribution in [0.2, 0.25) is 0 Å². The van der Waals surface area contributed by atoms with Crippen LogP contribution >= 0.6 is 0 Å². The van der Waals surface area contributed by atoms with Gasteiger partial charge in [0, 0.05) is 0 Å². The molecule has 1 heterocycles. The van der Waals surface area contributed by atoms with Crippen molar-refractivity contribution < 1.29 is 15.0 Å². The quantitative estimate of drug-likeness (QED) is 0.857. The van der Waals surface area contributed by atoms with Crippen LogP contribution < -0.4 is 0 Å². The summed E-state index contributed by atoms with van der Waals surface area (Å²) in [7, 11) is 2.09. The number of likely N-dealkylation sites (tertiary alicyclic amines) is 1. The molecule has 1 unspecified atom stereocenters. The highest BCUT2D eigenvalue weighted by molar-refractivity contribution is 5.87. The first-order valence-electron chi connectivity index (χ1n) is 6.28. The summed E-state index contributed by atoms with van der Waals surface area (Å²) in [5.74, 6) is -0.660. The number of rotatable bonds is 3. The molecule has 1 aromatic rings. The Morgan fingerprint density at radius 1 is 1.28 bits per heavy atom. The van der Waals surface area contributed by atoms with Crippen LogP contribution in [0.1, 0.15) is 34.9 Å². The monoisotopic (exact) mass is 249 g/mol. The van der Waals surface area contributed by atoms with Gasteiger partial charge in [0.15, 0.2) is 0 Å². The van der Waals surface area contributed by atoms with Gasteiger partial charge in [-0.25, -0.2) is 4.79 Å².